The topological polar surface area (TPSA) is 55.4 Å². The van der Waals surface area contributed by atoms with E-state index in [1.807, 2.05) is 24.3 Å². The molecular formula is C19H21NO3S. The van der Waals surface area contributed by atoms with Gasteiger partial charge in [-0.3, -0.25) is 4.79 Å². The molecule has 1 amide bonds. The summed E-state index contributed by atoms with van der Waals surface area (Å²) in [7, 11) is 0. The van der Waals surface area contributed by atoms with Crippen LogP contribution in [0.25, 0.3) is 0 Å². The number of para-hydroxylation sites is 1. The van der Waals surface area contributed by atoms with Crippen molar-refractivity contribution in [3.8, 4) is 0 Å². The average Bonchev–Trinajstić information content (AvgIpc) is 3.03. The van der Waals surface area contributed by atoms with E-state index in [2.05, 4.69) is 12.2 Å². The number of hydrogen-bond donors (Lipinski definition) is 1. The summed E-state index contributed by atoms with van der Waals surface area (Å²) in [5, 5.41) is 2.70. The van der Waals surface area contributed by atoms with E-state index >= 15 is 0 Å². The van der Waals surface area contributed by atoms with Gasteiger partial charge in [0.05, 0.1) is 0 Å². The molecule has 0 saturated carbocycles. The second-order valence-electron chi connectivity index (χ2n) is 6.07. The third-order valence-electron chi connectivity index (χ3n) is 4.36. The molecular weight excluding hydrogens is 322 g/mol. The summed E-state index contributed by atoms with van der Waals surface area (Å²) in [6, 6.07) is 11.1. The van der Waals surface area contributed by atoms with Crippen molar-refractivity contribution in [2.45, 2.75) is 32.6 Å². The van der Waals surface area contributed by atoms with E-state index in [-0.39, 0.29) is 12.5 Å². The van der Waals surface area contributed by atoms with Crippen LogP contribution >= 0.6 is 11.3 Å². The Balaban J connectivity index is 1.54. The van der Waals surface area contributed by atoms with Crippen LogP contribution in [0, 0.1) is 5.92 Å². The fourth-order valence-corrected chi connectivity index (χ4v) is 4.07. The lowest BCUT2D eigenvalue weighted by Crippen LogP contribution is -2.20. The molecule has 0 radical (unpaired) electrons. The van der Waals surface area contributed by atoms with Crippen LogP contribution < -0.4 is 5.32 Å². The predicted molar refractivity (Wildman–Crippen MR) is 95.5 cm³/mol. The Morgan fingerprint density at radius 1 is 1.29 bits per heavy atom. The van der Waals surface area contributed by atoms with Crippen LogP contribution in [0.15, 0.2) is 36.4 Å². The maximum Gasteiger partial charge on any atom is 0.348 e. The molecule has 0 aliphatic heterocycles. The van der Waals surface area contributed by atoms with Gasteiger partial charge in [0.15, 0.2) is 6.61 Å². The van der Waals surface area contributed by atoms with Gasteiger partial charge in [0.1, 0.15) is 4.88 Å². The van der Waals surface area contributed by atoms with Gasteiger partial charge in [0.2, 0.25) is 0 Å². The zero-order chi connectivity index (χ0) is 16.9. The van der Waals surface area contributed by atoms with E-state index in [1.54, 1.807) is 12.1 Å². The molecule has 24 heavy (non-hydrogen) atoms. The molecule has 1 aliphatic carbocycles. The molecule has 1 heterocycles. The highest BCUT2D eigenvalue weighted by Crippen LogP contribution is 2.33. The van der Waals surface area contributed by atoms with Crippen LogP contribution in [0.4, 0.5) is 5.69 Å². The van der Waals surface area contributed by atoms with Crippen molar-refractivity contribution in [3.63, 3.8) is 0 Å². The number of hydrogen-bond acceptors (Lipinski definition) is 4. The maximum atomic E-state index is 12.2. The molecule has 1 aromatic carbocycles. The number of fused-ring (bicyclic) bond motifs is 1. The highest BCUT2D eigenvalue weighted by molar-refractivity contribution is 7.14. The number of nitrogens with one attached hydrogen (secondary N) is 1. The van der Waals surface area contributed by atoms with Crippen LogP contribution in [0.1, 0.15) is 39.9 Å². The zero-order valence-corrected chi connectivity index (χ0v) is 14.5. The number of benzene rings is 1. The second kappa shape index (κ2) is 7.62. The van der Waals surface area contributed by atoms with Gasteiger partial charge in [-0.15, -0.1) is 11.3 Å². The predicted octanol–water partition coefficient (Wildman–Crippen LogP) is 4.06. The van der Waals surface area contributed by atoms with Gasteiger partial charge in [-0.1, -0.05) is 31.5 Å². The molecule has 1 N–H and O–H groups in total. The molecule has 0 fully saturated rings. The maximum absolute atomic E-state index is 12.2. The van der Waals surface area contributed by atoms with Crippen molar-refractivity contribution < 1.29 is 14.3 Å². The first-order valence-electron chi connectivity index (χ1n) is 8.29. The van der Waals surface area contributed by atoms with Crippen LogP contribution in [-0.4, -0.2) is 18.5 Å². The SMILES string of the molecule is CC[C@H]1CCc2sc(C(=O)OCC(=O)Nc3ccccc3)cc2C1. The Kier molecular flexibility index (Phi) is 5.30. The number of amides is 1. The fraction of sp³-hybridized carbons (Fsp3) is 0.368. The number of carbonyl (C=O) groups excluding carboxylic acids is 2. The van der Waals surface area contributed by atoms with E-state index in [4.69, 9.17) is 4.74 Å². The fourth-order valence-electron chi connectivity index (χ4n) is 2.97. The number of ether oxygens (including phenoxy) is 1. The number of esters is 1. The molecule has 3 rings (SSSR count). The molecule has 4 nitrogen and oxygen atoms in total. The van der Waals surface area contributed by atoms with Gasteiger partial charge >= 0.3 is 5.97 Å². The molecule has 5 heteroatoms. The largest absolute Gasteiger partial charge is 0.451 e. The van der Waals surface area contributed by atoms with Gasteiger partial charge in [0.25, 0.3) is 5.91 Å². The molecule has 0 unspecified atom stereocenters. The van der Waals surface area contributed by atoms with Crippen molar-refractivity contribution in [1.29, 1.82) is 0 Å². The van der Waals surface area contributed by atoms with Gasteiger partial charge < -0.3 is 10.1 Å². The zero-order valence-electron chi connectivity index (χ0n) is 13.7. The summed E-state index contributed by atoms with van der Waals surface area (Å²) in [4.78, 5) is 25.9. The summed E-state index contributed by atoms with van der Waals surface area (Å²) in [5.74, 6) is -0.0276. The lowest BCUT2D eigenvalue weighted by molar-refractivity contribution is -0.119. The molecule has 1 atom stereocenters. The standard InChI is InChI=1S/C19H21NO3S/c1-2-13-8-9-16-14(10-13)11-17(24-16)19(22)23-12-18(21)20-15-6-4-3-5-7-15/h3-7,11,13H,2,8-10,12H2,1H3,(H,20,21)/t13-/m0/s1. The second-order valence-corrected chi connectivity index (χ2v) is 7.20. The molecule has 126 valence electrons. The van der Waals surface area contributed by atoms with Crippen LogP contribution in [0.3, 0.4) is 0 Å². The number of anilines is 1. The van der Waals surface area contributed by atoms with Gasteiger partial charge in [-0.25, -0.2) is 4.79 Å². The minimum absolute atomic E-state index is 0.270. The highest BCUT2D eigenvalue weighted by Gasteiger charge is 2.22. The third-order valence-corrected chi connectivity index (χ3v) is 5.57. The van der Waals surface area contributed by atoms with Crippen molar-refractivity contribution >= 4 is 28.9 Å². The number of rotatable bonds is 5. The number of thiophene rings is 1. The van der Waals surface area contributed by atoms with E-state index in [0.29, 0.717) is 16.5 Å². The van der Waals surface area contributed by atoms with E-state index in [0.717, 1.165) is 12.8 Å². The van der Waals surface area contributed by atoms with E-state index in [9.17, 15) is 9.59 Å². The Labute approximate surface area is 145 Å². The first-order valence-corrected chi connectivity index (χ1v) is 9.11. The normalized spacial score (nSPS) is 16.3. The highest BCUT2D eigenvalue weighted by atomic mass is 32.1. The first-order chi connectivity index (χ1) is 11.7. The molecule has 1 aromatic heterocycles. The number of carbonyl (C=O) groups is 2. The minimum atomic E-state index is -0.411. The van der Waals surface area contributed by atoms with Gasteiger partial charge in [0, 0.05) is 10.6 Å². The average molecular weight is 343 g/mol. The number of aryl methyl sites for hydroxylation is 1. The van der Waals surface area contributed by atoms with E-state index in [1.165, 1.54) is 34.6 Å². The van der Waals surface area contributed by atoms with Crippen molar-refractivity contribution in [2.24, 2.45) is 5.92 Å². The summed E-state index contributed by atoms with van der Waals surface area (Å²) < 4.78 is 5.15. The van der Waals surface area contributed by atoms with Crippen LogP contribution in [0.5, 0.6) is 0 Å². The monoisotopic (exact) mass is 343 g/mol. The smallest absolute Gasteiger partial charge is 0.348 e. The van der Waals surface area contributed by atoms with Crippen LogP contribution in [0.2, 0.25) is 0 Å². The van der Waals surface area contributed by atoms with E-state index < -0.39 is 5.97 Å². The summed E-state index contributed by atoms with van der Waals surface area (Å²) in [5.41, 5.74) is 1.97. The van der Waals surface area contributed by atoms with Crippen molar-refractivity contribution in [2.75, 3.05) is 11.9 Å². The van der Waals surface area contributed by atoms with Crippen molar-refractivity contribution in [3.05, 3.63) is 51.7 Å². The quantitative estimate of drug-likeness (QED) is 0.833. The third kappa shape index (κ3) is 4.03. The molecule has 1 aliphatic rings. The summed E-state index contributed by atoms with van der Waals surface area (Å²) >= 11 is 1.51. The summed E-state index contributed by atoms with van der Waals surface area (Å²) in [6.45, 7) is 1.94. The Morgan fingerprint density at radius 3 is 2.83 bits per heavy atom. The summed E-state index contributed by atoms with van der Waals surface area (Å²) in [6.07, 6.45) is 4.46. The lowest BCUT2D eigenvalue weighted by Gasteiger charge is -2.19. The minimum Gasteiger partial charge on any atom is -0.451 e. The molecule has 0 bridgehead atoms. The Bertz CT molecular complexity index is 723. The Morgan fingerprint density at radius 2 is 2.08 bits per heavy atom. The Hall–Kier alpha value is -2.14. The van der Waals surface area contributed by atoms with Gasteiger partial charge in [-0.05, 0) is 48.9 Å². The van der Waals surface area contributed by atoms with Crippen molar-refractivity contribution in [1.82, 2.24) is 0 Å². The molecule has 0 saturated heterocycles. The van der Waals surface area contributed by atoms with Gasteiger partial charge in [-0.2, -0.15) is 0 Å². The molecule has 2 aromatic rings. The lowest BCUT2D eigenvalue weighted by atomic mass is 9.87. The van der Waals surface area contributed by atoms with Crippen LogP contribution in [-0.2, 0) is 22.4 Å². The first kappa shape index (κ1) is 16.7. The molecule has 0 spiro atoms.